The van der Waals surface area contributed by atoms with Crippen molar-refractivity contribution >= 4 is 6.08 Å². The zero-order valence-electron chi connectivity index (χ0n) is 8.13. The van der Waals surface area contributed by atoms with E-state index >= 15 is 0 Å². The summed E-state index contributed by atoms with van der Waals surface area (Å²) in [6.45, 7) is 3.91. The highest BCUT2D eigenvalue weighted by Gasteiger charge is 1.99. The van der Waals surface area contributed by atoms with Crippen LogP contribution in [0.2, 0.25) is 0 Å². The molecule has 0 fully saturated rings. The predicted octanol–water partition coefficient (Wildman–Crippen LogP) is 2.50. The van der Waals surface area contributed by atoms with Crippen molar-refractivity contribution in [2.24, 2.45) is 0 Å². The fraction of sp³-hybridized carbons (Fsp3) is 0.0909. The molecule has 4 nitrogen and oxygen atoms in total. The van der Waals surface area contributed by atoms with Crippen LogP contribution < -0.4 is 4.74 Å². The van der Waals surface area contributed by atoms with Gasteiger partial charge in [-0.3, -0.25) is 10.1 Å². The van der Waals surface area contributed by atoms with Crippen molar-refractivity contribution in [3.8, 4) is 5.75 Å². The van der Waals surface area contributed by atoms with E-state index in [2.05, 4.69) is 6.58 Å². The molecule has 0 atom stereocenters. The third-order valence-corrected chi connectivity index (χ3v) is 1.65. The van der Waals surface area contributed by atoms with Gasteiger partial charge in [0, 0.05) is 11.6 Å². The second-order valence-electron chi connectivity index (χ2n) is 2.74. The Morgan fingerprint density at radius 1 is 1.47 bits per heavy atom. The number of benzene rings is 1. The van der Waals surface area contributed by atoms with Crippen LogP contribution in [-0.2, 0) is 0 Å². The lowest BCUT2D eigenvalue weighted by Crippen LogP contribution is -1.94. The van der Waals surface area contributed by atoms with Crippen molar-refractivity contribution < 1.29 is 9.66 Å². The van der Waals surface area contributed by atoms with E-state index < -0.39 is 4.92 Å². The molecule has 0 amide bonds. The van der Waals surface area contributed by atoms with E-state index in [-0.39, 0.29) is 0 Å². The molecule has 15 heavy (non-hydrogen) atoms. The second-order valence-corrected chi connectivity index (χ2v) is 2.74. The minimum atomic E-state index is -0.510. The third-order valence-electron chi connectivity index (χ3n) is 1.65. The summed E-state index contributed by atoms with van der Waals surface area (Å²) in [4.78, 5) is 9.65. The molecule has 0 radical (unpaired) electrons. The fourth-order valence-corrected chi connectivity index (χ4v) is 1.04. The van der Waals surface area contributed by atoms with E-state index in [1.54, 1.807) is 24.3 Å². The molecule has 0 saturated heterocycles. The van der Waals surface area contributed by atoms with Gasteiger partial charge in [0.2, 0.25) is 6.20 Å². The van der Waals surface area contributed by atoms with Gasteiger partial charge in [-0.2, -0.15) is 0 Å². The molecule has 0 aliphatic rings. The molecule has 0 saturated carbocycles. The highest BCUT2D eigenvalue weighted by atomic mass is 16.6. The van der Waals surface area contributed by atoms with Crippen LogP contribution in [0.25, 0.3) is 6.08 Å². The summed E-state index contributed by atoms with van der Waals surface area (Å²) >= 11 is 0. The average molecular weight is 205 g/mol. The van der Waals surface area contributed by atoms with Crippen LogP contribution in [-0.4, -0.2) is 11.5 Å². The maximum Gasteiger partial charge on any atom is 0.235 e. The summed E-state index contributed by atoms with van der Waals surface area (Å²) < 4.78 is 5.33. The maximum atomic E-state index is 10.2. The van der Waals surface area contributed by atoms with Gasteiger partial charge in [0.05, 0.1) is 4.92 Å². The van der Waals surface area contributed by atoms with Gasteiger partial charge in [0.15, 0.2) is 0 Å². The van der Waals surface area contributed by atoms with Gasteiger partial charge in [-0.15, -0.1) is 0 Å². The summed E-state index contributed by atoms with van der Waals surface area (Å²) in [5.41, 5.74) is 0.677. The highest BCUT2D eigenvalue weighted by molar-refractivity contribution is 5.56. The Bertz CT molecular complexity index is 385. The number of nitro groups is 1. The molecule has 0 aliphatic carbocycles. The van der Waals surface area contributed by atoms with Gasteiger partial charge in [-0.05, 0) is 6.07 Å². The van der Waals surface area contributed by atoms with Crippen LogP contribution in [0.5, 0.6) is 5.75 Å². The van der Waals surface area contributed by atoms with Crippen molar-refractivity contribution in [1.29, 1.82) is 0 Å². The Morgan fingerprint density at radius 3 is 2.87 bits per heavy atom. The lowest BCUT2D eigenvalue weighted by Gasteiger charge is -2.05. The Hall–Kier alpha value is -2.10. The molecule has 4 heteroatoms. The van der Waals surface area contributed by atoms with E-state index in [0.717, 1.165) is 6.20 Å². The van der Waals surface area contributed by atoms with Crippen LogP contribution in [0.1, 0.15) is 5.56 Å². The van der Waals surface area contributed by atoms with Crippen molar-refractivity contribution in [1.82, 2.24) is 0 Å². The Labute approximate surface area is 87.6 Å². The zero-order chi connectivity index (χ0) is 11.1. The second kappa shape index (κ2) is 5.59. The number of rotatable bonds is 5. The monoisotopic (exact) mass is 205 g/mol. The molecule has 0 aliphatic heterocycles. The van der Waals surface area contributed by atoms with E-state index in [1.165, 1.54) is 6.08 Å². The molecule has 0 aromatic heterocycles. The molecule has 0 spiro atoms. The van der Waals surface area contributed by atoms with Crippen LogP contribution in [0.4, 0.5) is 0 Å². The largest absolute Gasteiger partial charge is 0.489 e. The first kappa shape index (κ1) is 11.0. The highest BCUT2D eigenvalue weighted by Crippen LogP contribution is 2.19. The van der Waals surface area contributed by atoms with Gasteiger partial charge < -0.3 is 4.74 Å². The molecule has 0 N–H and O–H groups in total. The van der Waals surface area contributed by atoms with Crippen LogP contribution in [0.3, 0.4) is 0 Å². The van der Waals surface area contributed by atoms with Crippen molar-refractivity contribution in [2.75, 3.05) is 6.61 Å². The molecule has 1 rings (SSSR count). The molecule has 1 aromatic rings. The van der Waals surface area contributed by atoms with E-state index in [9.17, 15) is 10.1 Å². The van der Waals surface area contributed by atoms with E-state index in [1.807, 2.05) is 6.07 Å². The van der Waals surface area contributed by atoms with Gasteiger partial charge in [-0.25, -0.2) is 0 Å². The van der Waals surface area contributed by atoms with Crippen molar-refractivity contribution in [3.05, 3.63) is 58.8 Å². The Morgan fingerprint density at radius 2 is 2.20 bits per heavy atom. The normalized spacial score (nSPS) is 10.1. The molecule has 0 unspecified atom stereocenters. The summed E-state index contributed by atoms with van der Waals surface area (Å²) in [6, 6.07) is 7.10. The van der Waals surface area contributed by atoms with Gasteiger partial charge in [0.25, 0.3) is 0 Å². The van der Waals surface area contributed by atoms with Gasteiger partial charge in [-0.1, -0.05) is 30.9 Å². The van der Waals surface area contributed by atoms with Crippen LogP contribution >= 0.6 is 0 Å². The first-order valence-electron chi connectivity index (χ1n) is 4.38. The number of hydrogen-bond donors (Lipinski definition) is 0. The molecular formula is C11H11NO3. The summed E-state index contributed by atoms with van der Waals surface area (Å²) in [5.74, 6) is 0.607. The number of para-hydroxylation sites is 1. The molecular weight excluding hydrogens is 194 g/mol. The SMILES string of the molecule is C=CCOc1ccccc1/C=C/[N+](=O)[O-]. The van der Waals surface area contributed by atoms with Crippen LogP contribution in [0.15, 0.2) is 43.1 Å². The quantitative estimate of drug-likeness (QED) is 0.421. The lowest BCUT2D eigenvalue weighted by atomic mass is 10.2. The topological polar surface area (TPSA) is 52.4 Å². The molecule has 0 bridgehead atoms. The molecule has 78 valence electrons. The first-order chi connectivity index (χ1) is 7.24. The summed E-state index contributed by atoms with van der Waals surface area (Å²) in [5, 5.41) is 10.2. The standard InChI is InChI=1S/C11H11NO3/c1-2-9-15-11-6-4-3-5-10(11)7-8-12(13)14/h2-8H,1,9H2/b8-7+. The number of hydrogen-bond acceptors (Lipinski definition) is 3. The Kier molecular flexibility index (Phi) is 4.09. The molecule has 0 heterocycles. The van der Waals surface area contributed by atoms with E-state index in [0.29, 0.717) is 17.9 Å². The minimum Gasteiger partial charge on any atom is -0.489 e. The van der Waals surface area contributed by atoms with Gasteiger partial charge in [0.1, 0.15) is 12.4 Å². The van der Waals surface area contributed by atoms with Crippen LogP contribution in [0, 0.1) is 10.1 Å². The minimum absolute atomic E-state index is 0.378. The molecule has 1 aromatic carbocycles. The van der Waals surface area contributed by atoms with E-state index in [4.69, 9.17) is 4.74 Å². The third kappa shape index (κ3) is 3.64. The smallest absolute Gasteiger partial charge is 0.235 e. The fourth-order valence-electron chi connectivity index (χ4n) is 1.04. The first-order valence-corrected chi connectivity index (χ1v) is 4.38. The lowest BCUT2D eigenvalue weighted by molar-refractivity contribution is -0.400. The number of nitrogens with zero attached hydrogens (tertiary/aromatic N) is 1. The van der Waals surface area contributed by atoms with Crippen molar-refractivity contribution in [2.45, 2.75) is 0 Å². The summed E-state index contributed by atoms with van der Waals surface area (Å²) in [7, 11) is 0. The predicted molar refractivity (Wildman–Crippen MR) is 58.2 cm³/mol. The summed E-state index contributed by atoms with van der Waals surface area (Å²) in [6.07, 6.45) is 3.91. The maximum absolute atomic E-state index is 10.2. The average Bonchev–Trinajstić information content (AvgIpc) is 2.24. The van der Waals surface area contributed by atoms with Crippen molar-refractivity contribution in [3.63, 3.8) is 0 Å². The van der Waals surface area contributed by atoms with Gasteiger partial charge >= 0.3 is 0 Å². The number of ether oxygens (including phenoxy) is 1. The Balaban J connectivity index is 2.85. The zero-order valence-corrected chi connectivity index (χ0v) is 8.13.